The third kappa shape index (κ3) is 1.20. The zero-order chi connectivity index (χ0) is 8.55. The number of rotatable bonds is 1. The highest BCUT2D eigenvalue weighted by atomic mass is 16.2. The Balaban J connectivity index is 2.16. The molecule has 12 heavy (non-hydrogen) atoms. The summed E-state index contributed by atoms with van der Waals surface area (Å²) >= 11 is 0. The minimum atomic E-state index is 0.156. The van der Waals surface area contributed by atoms with E-state index in [4.69, 9.17) is 0 Å². The highest BCUT2D eigenvalue weighted by Crippen LogP contribution is 2.19. The van der Waals surface area contributed by atoms with Crippen molar-refractivity contribution in [3.63, 3.8) is 0 Å². The van der Waals surface area contributed by atoms with Crippen molar-refractivity contribution in [3.05, 3.63) is 35.9 Å². The average molecular weight is 161 g/mol. The number of nitrogens with zero attached hydrogens (tertiary/aromatic N) is 1. The summed E-state index contributed by atoms with van der Waals surface area (Å²) < 4.78 is 0. The van der Waals surface area contributed by atoms with E-state index in [1.54, 1.807) is 0 Å². The molecule has 1 aliphatic heterocycles. The lowest BCUT2D eigenvalue weighted by Crippen LogP contribution is -2.12. The summed E-state index contributed by atoms with van der Waals surface area (Å²) in [6.07, 6.45) is 0. The molecular formula is C10H11NO. The first-order chi connectivity index (χ1) is 5.79. The minimum absolute atomic E-state index is 0.156. The third-order valence-electron chi connectivity index (χ3n) is 2.14. The third-order valence-corrected chi connectivity index (χ3v) is 2.14. The van der Waals surface area contributed by atoms with Gasteiger partial charge in [0.1, 0.15) is 0 Å². The molecule has 0 N–H and O–H groups in total. The Morgan fingerprint density at radius 3 is 2.50 bits per heavy atom. The van der Waals surface area contributed by atoms with Crippen LogP contribution >= 0.6 is 0 Å². The first-order valence-electron chi connectivity index (χ1n) is 4.15. The minimum Gasteiger partial charge on any atom is -0.332 e. The van der Waals surface area contributed by atoms with Gasteiger partial charge in [-0.15, -0.1) is 0 Å². The Kier molecular flexibility index (Phi) is 1.61. The summed E-state index contributed by atoms with van der Waals surface area (Å²) in [5, 5.41) is 0. The van der Waals surface area contributed by atoms with Crippen LogP contribution < -0.4 is 0 Å². The van der Waals surface area contributed by atoms with Crippen molar-refractivity contribution < 1.29 is 4.79 Å². The quantitative estimate of drug-likeness (QED) is 0.572. The molecule has 1 aromatic carbocycles. The van der Waals surface area contributed by atoms with Crippen molar-refractivity contribution >= 4 is 5.91 Å². The van der Waals surface area contributed by atoms with Crippen molar-refractivity contribution in [1.82, 2.24) is 4.90 Å². The summed E-state index contributed by atoms with van der Waals surface area (Å²) in [5.41, 5.74) is 0.793. The monoisotopic (exact) mass is 161 g/mol. The van der Waals surface area contributed by atoms with E-state index in [2.05, 4.69) is 6.92 Å². The van der Waals surface area contributed by atoms with Gasteiger partial charge in [-0.25, -0.2) is 0 Å². The van der Waals surface area contributed by atoms with Crippen LogP contribution in [0, 0.1) is 0 Å². The fourth-order valence-electron chi connectivity index (χ4n) is 1.27. The highest BCUT2D eigenvalue weighted by molar-refractivity contribution is 5.95. The van der Waals surface area contributed by atoms with E-state index < -0.39 is 0 Å². The van der Waals surface area contributed by atoms with Gasteiger partial charge < -0.3 is 4.90 Å². The predicted octanol–water partition coefficient (Wildman–Crippen LogP) is 1.53. The summed E-state index contributed by atoms with van der Waals surface area (Å²) in [4.78, 5) is 13.4. The molecule has 0 aromatic heterocycles. The molecule has 1 saturated heterocycles. The molecule has 2 rings (SSSR count). The molecule has 2 heteroatoms. The fraction of sp³-hybridized carbons (Fsp3) is 0.300. The number of hydrogen-bond donors (Lipinski definition) is 0. The topological polar surface area (TPSA) is 20.1 Å². The molecule has 1 atom stereocenters. The molecule has 0 aliphatic carbocycles. The van der Waals surface area contributed by atoms with E-state index in [1.807, 2.05) is 35.2 Å². The molecule has 1 amide bonds. The molecule has 0 bridgehead atoms. The number of carbonyl (C=O) groups is 1. The standard InChI is InChI=1S/C10H11NO/c1-8-7-11(8)10(12)9-5-3-2-4-6-9/h2-6,8H,7H2,1H3/t8-,11?/m0/s1. The summed E-state index contributed by atoms with van der Waals surface area (Å²) in [6.45, 7) is 2.97. The van der Waals surface area contributed by atoms with Crippen LogP contribution in [-0.4, -0.2) is 23.4 Å². The second kappa shape index (κ2) is 2.63. The van der Waals surface area contributed by atoms with Gasteiger partial charge in [-0.2, -0.15) is 0 Å². The first kappa shape index (κ1) is 7.35. The van der Waals surface area contributed by atoms with Crippen molar-refractivity contribution in [2.75, 3.05) is 6.54 Å². The smallest absolute Gasteiger partial charge is 0.254 e. The van der Waals surface area contributed by atoms with Gasteiger partial charge in [0, 0.05) is 18.2 Å². The van der Waals surface area contributed by atoms with Gasteiger partial charge in [-0.3, -0.25) is 4.79 Å². The van der Waals surface area contributed by atoms with Crippen LogP contribution in [0.4, 0.5) is 0 Å². The normalized spacial score (nSPS) is 20.8. The molecule has 2 nitrogen and oxygen atoms in total. The van der Waals surface area contributed by atoms with Gasteiger partial charge in [-0.1, -0.05) is 18.2 Å². The van der Waals surface area contributed by atoms with E-state index in [0.29, 0.717) is 6.04 Å². The number of hydrogen-bond acceptors (Lipinski definition) is 1. The van der Waals surface area contributed by atoms with Crippen LogP contribution in [0.2, 0.25) is 0 Å². The number of amides is 1. The predicted molar refractivity (Wildman–Crippen MR) is 46.9 cm³/mol. The van der Waals surface area contributed by atoms with Gasteiger partial charge in [0.05, 0.1) is 0 Å². The van der Waals surface area contributed by atoms with E-state index in [9.17, 15) is 4.79 Å². The molecule has 1 fully saturated rings. The second-order valence-corrected chi connectivity index (χ2v) is 3.17. The van der Waals surface area contributed by atoms with E-state index in [1.165, 1.54) is 0 Å². The Bertz CT molecular complexity index is 294. The lowest BCUT2D eigenvalue weighted by molar-refractivity contribution is 0.0876. The zero-order valence-corrected chi connectivity index (χ0v) is 7.03. The molecule has 0 unspecified atom stereocenters. The highest BCUT2D eigenvalue weighted by Gasteiger charge is 2.34. The van der Waals surface area contributed by atoms with Crippen LogP contribution in [0.25, 0.3) is 0 Å². The molecule has 0 saturated carbocycles. The molecular weight excluding hydrogens is 150 g/mol. The summed E-state index contributed by atoms with van der Waals surface area (Å²) in [5.74, 6) is 0.156. The molecule has 1 aliphatic rings. The van der Waals surface area contributed by atoms with Gasteiger partial charge in [0.2, 0.25) is 0 Å². The number of benzene rings is 1. The maximum absolute atomic E-state index is 11.5. The van der Waals surface area contributed by atoms with Crippen molar-refractivity contribution in [3.8, 4) is 0 Å². The first-order valence-corrected chi connectivity index (χ1v) is 4.15. The van der Waals surface area contributed by atoms with Crippen LogP contribution in [0.15, 0.2) is 30.3 Å². The van der Waals surface area contributed by atoms with Crippen LogP contribution in [-0.2, 0) is 0 Å². The van der Waals surface area contributed by atoms with Crippen LogP contribution in [0.1, 0.15) is 17.3 Å². The largest absolute Gasteiger partial charge is 0.332 e. The van der Waals surface area contributed by atoms with Gasteiger partial charge >= 0.3 is 0 Å². The maximum Gasteiger partial charge on any atom is 0.254 e. The Morgan fingerprint density at radius 1 is 1.42 bits per heavy atom. The Morgan fingerprint density at radius 2 is 2.00 bits per heavy atom. The fourth-order valence-corrected chi connectivity index (χ4v) is 1.27. The van der Waals surface area contributed by atoms with Gasteiger partial charge in [0.25, 0.3) is 5.91 Å². The number of carbonyl (C=O) groups excluding carboxylic acids is 1. The average Bonchev–Trinajstić information content (AvgIpc) is 2.83. The molecule has 1 aromatic rings. The van der Waals surface area contributed by atoms with Crippen molar-refractivity contribution in [1.29, 1.82) is 0 Å². The molecule has 0 radical (unpaired) electrons. The van der Waals surface area contributed by atoms with Crippen molar-refractivity contribution in [2.24, 2.45) is 0 Å². The van der Waals surface area contributed by atoms with Crippen molar-refractivity contribution in [2.45, 2.75) is 13.0 Å². The zero-order valence-electron chi connectivity index (χ0n) is 7.03. The summed E-state index contributed by atoms with van der Waals surface area (Å²) in [6, 6.07) is 9.85. The Hall–Kier alpha value is -1.31. The van der Waals surface area contributed by atoms with Crippen LogP contribution in [0.5, 0.6) is 0 Å². The van der Waals surface area contributed by atoms with E-state index in [-0.39, 0.29) is 5.91 Å². The summed E-state index contributed by atoms with van der Waals surface area (Å²) in [7, 11) is 0. The molecule has 0 spiro atoms. The van der Waals surface area contributed by atoms with Gasteiger partial charge in [0.15, 0.2) is 0 Å². The Labute approximate surface area is 71.8 Å². The molecule has 1 heterocycles. The van der Waals surface area contributed by atoms with Crippen LogP contribution in [0.3, 0.4) is 0 Å². The second-order valence-electron chi connectivity index (χ2n) is 3.17. The van der Waals surface area contributed by atoms with Gasteiger partial charge in [-0.05, 0) is 19.1 Å². The lowest BCUT2D eigenvalue weighted by Gasteiger charge is -2.00. The maximum atomic E-state index is 11.5. The van der Waals surface area contributed by atoms with E-state index >= 15 is 0 Å². The lowest BCUT2D eigenvalue weighted by atomic mass is 10.2. The SMILES string of the molecule is C[C@H]1CN1C(=O)c1ccccc1. The molecule has 62 valence electrons. The van der Waals surface area contributed by atoms with E-state index in [0.717, 1.165) is 12.1 Å².